The Labute approximate surface area is 200 Å². The van der Waals surface area contributed by atoms with Crippen LogP contribution in [0.5, 0.6) is 0 Å². The molecular weight excluding hydrogens is 444 g/mol. The maximum Gasteiger partial charge on any atom is 0.332 e. The third-order valence-electron chi connectivity index (χ3n) is 6.21. The van der Waals surface area contributed by atoms with Gasteiger partial charge in [0.15, 0.2) is 17.0 Å². The molecule has 0 fully saturated rings. The van der Waals surface area contributed by atoms with Crippen LogP contribution in [0.4, 0.5) is 0 Å². The lowest BCUT2D eigenvalue weighted by atomic mass is 9.98. The fourth-order valence-corrected chi connectivity index (χ4v) is 4.45. The van der Waals surface area contributed by atoms with Crippen molar-refractivity contribution in [2.45, 2.75) is 39.8 Å². The summed E-state index contributed by atoms with van der Waals surface area (Å²) >= 11 is 0. The molecule has 0 atom stereocenters. The van der Waals surface area contributed by atoms with Crippen molar-refractivity contribution in [3.05, 3.63) is 80.8 Å². The maximum absolute atomic E-state index is 13.1. The zero-order valence-electron chi connectivity index (χ0n) is 19.9. The number of rotatable bonds is 7. The Morgan fingerprint density at radius 3 is 2.34 bits per heavy atom. The molecule has 0 saturated carbocycles. The van der Waals surface area contributed by atoms with Crippen molar-refractivity contribution in [1.29, 1.82) is 0 Å². The summed E-state index contributed by atoms with van der Waals surface area (Å²) in [6, 6.07) is 16.1. The molecule has 0 radical (unpaired) electrons. The minimum absolute atomic E-state index is 0.323. The van der Waals surface area contributed by atoms with E-state index in [1.165, 1.54) is 11.6 Å². The van der Waals surface area contributed by atoms with Crippen LogP contribution < -0.4 is 11.2 Å². The summed E-state index contributed by atoms with van der Waals surface area (Å²) in [5, 5.41) is 14.2. The highest BCUT2D eigenvalue weighted by atomic mass is 16.2. The average molecular weight is 471 g/mol. The number of fused-ring (bicyclic) bond motifs is 1. The normalized spacial score (nSPS) is 11.4. The van der Waals surface area contributed by atoms with Gasteiger partial charge >= 0.3 is 5.69 Å². The standard InChI is InChI=1S/C25H26N8O2/c1-4-14-32-23-21(24(34)31(3)25(32)35)33(20(5-2)26-23)15-16-10-12-17(13-11-16)18-8-6-7-9-19(18)22-27-29-30-28-22/h6-13H,4-5,14-15H2,1-3H3,(H,27,28,29,30). The number of tetrazole rings is 1. The number of nitrogens with zero attached hydrogens (tertiary/aromatic N) is 7. The number of hydrogen-bond donors (Lipinski definition) is 1. The van der Waals surface area contributed by atoms with Crippen molar-refractivity contribution >= 4 is 11.2 Å². The summed E-state index contributed by atoms with van der Waals surface area (Å²) in [5.74, 6) is 1.39. The fourth-order valence-electron chi connectivity index (χ4n) is 4.45. The molecule has 10 nitrogen and oxygen atoms in total. The number of benzene rings is 2. The van der Waals surface area contributed by atoms with Gasteiger partial charge < -0.3 is 4.57 Å². The van der Waals surface area contributed by atoms with Crippen LogP contribution in [-0.2, 0) is 26.6 Å². The zero-order valence-corrected chi connectivity index (χ0v) is 19.9. The monoisotopic (exact) mass is 470 g/mol. The van der Waals surface area contributed by atoms with Gasteiger partial charge in [0.25, 0.3) is 5.56 Å². The molecule has 0 bridgehead atoms. The van der Waals surface area contributed by atoms with E-state index in [1.807, 2.05) is 66.9 Å². The second-order valence-corrected chi connectivity index (χ2v) is 8.43. The molecule has 35 heavy (non-hydrogen) atoms. The molecule has 1 N–H and O–H groups in total. The van der Waals surface area contributed by atoms with Crippen LogP contribution in [0.15, 0.2) is 58.1 Å². The summed E-state index contributed by atoms with van der Waals surface area (Å²) in [6.07, 6.45) is 1.42. The molecule has 0 aliphatic rings. The lowest BCUT2D eigenvalue weighted by Gasteiger charge is -2.12. The van der Waals surface area contributed by atoms with E-state index in [0.29, 0.717) is 36.5 Å². The summed E-state index contributed by atoms with van der Waals surface area (Å²) in [4.78, 5) is 30.5. The first-order chi connectivity index (χ1) is 17.0. The highest BCUT2D eigenvalue weighted by molar-refractivity contribution is 5.80. The first kappa shape index (κ1) is 22.5. The van der Waals surface area contributed by atoms with E-state index in [-0.39, 0.29) is 11.2 Å². The van der Waals surface area contributed by atoms with Gasteiger partial charge in [0.05, 0.1) is 0 Å². The van der Waals surface area contributed by atoms with Gasteiger partial charge in [0.1, 0.15) is 5.82 Å². The molecule has 0 aliphatic heterocycles. The molecule has 3 aromatic heterocycles. The van der Waals surface area contributed by atoms with Crippen LogP contribution in [0.2, 0.25) is 0 Å². The van der Waals surface area contributed by atoms with Crippen molar-refractivity contribution in [1.82, 2.24) is 39.3 Å². The minimum Gasteiger partial charge on any atom is -0.318 e. The largest absolute Gasteiger partial charge is 0.332 e. The van der Waals surface area contributed by atoms with Gasteiger partial charge in [0, 0.05) is 32.1 Å². The number of imidazole rings is 1. The molecule has 0 amide bonds. The zero-order chi connectivity index (χ0) is 24.5. The molecule has 0 saturated heterocycles. The molecule has 0 aliphatic carbocycles. The van der Waals surface area contributed by atoms with Crippen LogP contribution >= 0.6 is 0 Å². The third kappa shape index (κ3) is 3.86. The van der Waals surface area contributed by atoms with Crippen LogP contribution in [0.1, 0.15) is 31.7 Å². The highest BCUT2D eigenvalue weighted by Crippen LogP contribution is 2.30. The third-order valence-corrected chi connectivity index (χ3v) is 6.21. The Hall–Kier alpha value is -4.34. The van der Waals surface area contributed by atoms with E-state index in [9.17, 15) is 9.59 Å². The second-order valence-electron chi connectivity index (χ2n) is 8.43. The number of H-pyrrole nitrogens is 1. The Morgan fingerprint density at radius 1 is 0.943 bits per heavy atom. The van der Waals surface area contributed by atoms with E-state index in [2.05, 4.69) is 20.6 Å². The van der Waals surface area contributed by atoms with E-state index in [4.69, 9.17) is 4.98 Å². The van der Waals surface area contributed by atoms with Gasteiger partial charge in [-0.05, 0) is 33.5 Å². The Balaban J connectivity index is 1.56. The Bertz CT molecular complexity index is 1610. The molecule has 0 unspecified atom stereocenters. The van der Waals surface area contributed by atoms with Gasteiger partial charge in [-0.1, -0.05) is 62.4 Å². The molecule has 2 aromatic carbocycles. The van der Waals surface area contributed by atoms with Crippen LogP contribution in [0.3, 0.4) is 0 Å². The molecule has 178 valence electrons. The molecular formula is C25H26N8O2. The van der Waals surface area contributed by atoms with Gasteiger partial charge in [0.2, 0.25) is 0 Å². The summed E-state index contributed by atoms with van der Waals surface area (Å²) in [6.45, 7) is 4.99. The van der Waals surface area contributed by atoms with Crippen molar-refractivity contribution in [3.63, 3.8) is 0 Å². The first-order valence-corrected chi connectivity index (χ1v) is 11.6. The lowest BCUT2D eigenvalue weighted by molar-refractivity contribution is 0.609. The second kappa shape index (κ2) is 9.13. The summed E-state index contributed by atoms with van der Waals surface area (Å²) < 4.78 is 4.71. The van der Waals surface area contributed by atoms with Crippen LogP contribution in [0.25, 0.3) is 33.7 Å². The van der Waals surface area contributed by atoms with Crippen molar-refractivity contribution in [2.75, 3.05) is 0 Å². The van der Waals surface area contributed by atoms with Crippen molar-refractivity contribution in [2.24, 2.45) is 7.05 Å². The van der Waals surface area contributed by atoms with Gasteiger partial charge in [-0.15, -0.1) is 5.10 Å². The van der Waals surface area contributed by atoms with Crippen molar-refractivity contribution < 1.29 is 0 Å². The van der Waals surface area contributed by atoms with Gasteiger partial charge in [-0.3, -0.25) is 13.9 Å². The van der Waals surface area contributed by atoms with E-state index in [0.717, 1.165) is 34.5 Å². The van der Waals surface area contributed by atoms with Crippen LogP contribution in [-0.4, -0.2) is 39.3 Å². The average Bonchev–Trinajstić information content (AvgIpc) is 3.54. The van der Waals surface area contributed by atoms with Crippen LogP contribution in [0, 0.1) is 0 Å². The molecule has 5 rings (SSSR count). The smallest absolute Gasteiger partial charge is 0.318 e. The Morgan fingerprint density at radius 2 is 1.69 bits per heavy atom. The van der Waals surface area contributed by atoms with E-state index >= 15 is 0 Å². The predicted molar refractivity (Wildman–Crippen MR) is 133 cm³/mol. The van der Waals surface area contributed by atoms with Crippen molar-refractivity contribution in [3.8, 4) is 22.5 Å². The van der Waals surface area contributed by atoms with Gasteiger partial charge in [-0.2, -0.15) is 0 Å². The number of aryl methyl sites for hydroxylation is 2. The summed E-state index contributed by atoms with van der Waals surface area (Å²) in [7, 11) is 1.52. The molecule has 0 spiro atoms. The Kier molecular flexibility index (Phi) is 5.86. The lowest BCUT2D eigenvalue weighted by Crippen LogP contribution is -2.38. The molecule has 3 heterocycles. The maximum atomic E-state index is 13.1. The summed E-state index contributed by atoms with van der Waals surface area (Å²) in [5.41, 5.74) is 4.25. The predicted octanol–water partition coefficient (Wildman–Crippen LogP) is 2.76. The highest BCUT2D eigenvalue weighted by Gasteiger charge is 2.20. The number of hydrogen-bond acceptors (Lipinski definition) is 6. The first-order valence-electron chi connectivity index (χ1n) is 11.6. The van der Waals surface area contributed by atoms with Gasteiger partial charge in [-0.25, -0.2) is 14.9 Å². The van der Waals surface area contributed by atoms with E-state index < -0.39 is 0 Å². The quantitative estimate of drug-likeness (QED) is 0.391. The number of nitrogens with one attached hydrogen (secondary N) is 1. The minimum atomic E-state index is -0.332. The molecule has 10 heteroatoms. The SMILES string of the molecule is CCCn1c(=O)n(C)c(=O)c2c1nc(CC)n2Cc1ccc(-c2ccccc2-c2nnn[nH]2)cc1. The fraction of sp³-hybridized carbons (Fsp3) is 0.280. The van der Waals surface area contributed by atoms with E-state index in [1.54, 1.807) is 4.57 Å². The topological polar surface area (TPSA) is 116 Å². The number of aromatic amines is 1. The number of aromatic nitrogens is 8. The molecule has 5 aromatic rings.